The molecule has 0 unspecified atom stereocenters. The number of aromatic amines is 1. The molecule has 2 N–H and O–H groups in total. The lowest BCUT2D eigenvalue weighted by Gasteiger charge is -2.02. The van der Waals surface area contributed by atoms with Gasteiger partial charge in [-0.15, -0.1) is 0 Å². The summed E-state index contributed by atoms with van der Waals surface area (Å²) in [6.07, 6.45) is 1.44. The number of nitrogens with one attached hydrogen (secondary N) is 1. The van der Waals surface area contributed by atoms with E-state index in [4.69, 9.17) is 16.7 Å². The second-order valence-electron chi connectivity index (χ2n) is 6.07. The fraction of sp³-hybridized carbons (Fsp3) is 0.158. The van der Waals surface area contributed by atoms with E-state index in [-0.39, 0.29) is 16.2 Å². The molecule has 0 atom stereocenters. The van der Waals surface area contributed by atoms with Crippen LogP contribution in [0.15, 0.2) is 63.2 Å². The Kier molecular flexibility index (Phi) is 5.83. The fourth-order valence-corrected chi connectivity index (χ4v) is 3.84. The molecule has 0 amide bonds. The Morgan fingerprint density at radius 2 is 1.93 bits per heavy atom. The van der Waals surface area contributed by atoms with Gasteiger partial charge in [0.15, 0.2) is 9.84 Å². The number of aliphatic hydroxyl groups excluding tert-OH is 1. The molecular formula is C19H18ClN3O4S. The third-order valence-electron chi connectivity index (χ3n) is 4.08. The number of nitrogens with zero attached hydrogens (tertiary/aromatic N) is 2. The van der Waals surface area contributed by atoms with Gasteiger partial charge in [0.1, 0.15) is 0 Å². The van der Waals surface area contributed by atoms with Crippen LogP contribution < -0.4 is 5.56 Å². The average Bonchev–Trinajstić information content (AvgIpc) is 2.94. The maximum Gasteiger partial charge on any atom is 0.280 e. The monoisotopic (exact) mass is 419 g/mol. The predicted octanol–water partition coefficient (Wildman–Crippen LogP) is 2.64. The van der Waals surface area contributed by atoms with Gasteiger partial charge < -0.3 is 5.11 Å². The van der Waals surface area contributed by atoms with Crippen LogP contribution in [0, 0.1) is 6.92 Å². The third kappa shape index (κ3) is 4.24. The molecule has 9 heteroatoms. The van der Waals surface area contributed by atoms with Crippen LogP contribution in [-0.4, -0.2) is 41.9 Å². The molecule has 0 radical (unpaired) electrons. The Hall–Kier alpha value is -2.68. The van der Waals surface area contributed by atoms with E-state index in [1.54, 1.807) is 31.2 Å². The summed E-state index contributed by atoms with van der Waals surface area (Å²) in [5.74, 6) is -0.332. The molecule has 0 bridgehead atoms. The first-order valence-corrected chi connectivity index (χ1v) is 10.4. The van der Waals surface area contributed by atoms with Crippen molar-refractivity contribution < 1.29 is 13.5 Å². The van der Waals surface area contributed by atoms with Crippen molar-refractivity contribution in [1.29, 1.82) is 0 Å². The zero-order chi connectivity index (χ0) is 20.3. The summed E-state index contributed by atoms with van der Waals surface area (Å²) in [5.41, 5.74) is 1.86. The Labute approximate surface area is 166 Å². The van der Waals surface area contributed by atoms with E-state index in [0.717, 1.165) is 0 Å². The highest BCUT2D eigenvalue weighted by molar-refractivity contribution is 7.91. The van der Waals surface area contributed by atoms with Gasteiger partial charge in [-0.3, -0.25) is 14.9 Å². The molecule has 7 nitrogen and oxygen atoms in total. The van der Waals surface area contributed by atoms with E-state index in [9.17, 15) is 13.2 Å². The molecule has 0 saturated carbocycles. The van der Waals surface area contributed by atoms with Crippen LogP contribution in [0.2, 0.25) is 5.02 Å². The van der Waals surface area contributed by atoms with Gasteiger partial charge in [-0.25, -0.2) is 13.1 Å². The molecule has 0 aliphatic heterocycles. The summed E-state index contributed by atoms with van der Waals surface area (Å²) in [7, 11) is -3.51. The van der Waals surface area contributed by atoms with Crippen molar-refractivity contribution in [2.24, 2.45) is 4.99 Å². The van der Waals surface area contributed by atoms with E-state index in [1.165, 1.54) is 35.2 Å². The molecule has 1 heterocycles. The van der Waals surface area contributed by atoms with Crippen molar-refractivity contribution in [1.82, 2.24) is 9.78 Å². The van der Waals surface area contributed by atoms with Gasteiger partial charge in [-0.1, -0.05) is 17.7 Å². The number of aliphatic hydroxyl groups is 1. The topological polar surface area (TPSA) is 105 Å². The first-order valence-electron chi connectivity index (χ1n) is 8.37. The largest absolute Gasteiger partial charge is 0.395 e. The normalized spacial score (nSPS) is 12.0. The summed E-state index contributed by atoms with van der Waals surface area (Å²) in [5, 5.41) is 12.3. The number of rotatable bonds is 6. The third-order valence-corrected chi connectivity index (χ3v) is 6.03. The first kappa shape index (κ1) is 20.1. The smallest absolute Gasteiger partial charge is 0.280 e. The standard InChI is InChI=1S/C19H18ClN3O4S/c1-13-18(19(25)23(22-13)16-4-2-3-14(20)11-16)12-21-15-5-7-17(8-6-15)28(26,27)10-9-24/h2-8,11-12,22,24H,9-10H2,1H3. The number of hydrogen-bond donors (Lipinski definition) is 2. The Balaban J connectivity index is 1.88. The van der Waals surface area contributed by atoms with E-state index in [1.807, 2.05) is 0 Å². The molecule has 1 aromatic heterocycles. The summed E-state index contributed by atoms with van der Waals surface area (Å²) in [4.78, 5) is 17.1. The van der Waals surface area contributed by atoms with Crippen molar-refractivity contribution in [3.8, 4) is 5.69 Å². The van der Waals surface area contributed by atoms with Crippen LogP contribution in [0.3, 0.4) is 0 Å². The number of benzene rings is 2. The lowest BCUT2D eigenvalue weighted by atomic mass is 10.2. The quantitative estimate of drug-likeness (QED) is 0.599. The van der Waals surface area contributed by atoms with E-state index < -0.39 is 16.4 Å². The molecule has 0 spiro atoms. The summed E-state index contributed by atoms with van der Waals surface area (Å²) >= 11 is 5.99. The van der Waals surface area contributed by atoms with Gasteiger partial charge >= 0.3 is 0 Å². The number of halogens is 1. The molecule has 0 fully saturated rings. The number of hydrogen-bond acceptors (Lipinski definition) is 5. The molecule has 0 saturated heterocycles. The molecule has 3 aromatic rings. The van der Waals surface area contributed by atoms with E-state index in [2.05, 4.69) is 10.1 Å². The van der Waals surface area contributed by atoms with Crippen LogP contribution in [0.1, 0.15) is 11.3 Å². The Morgan fingerprint density at radius 1 is 1.21 bits per heavy atom. The van der Waals surface area contributed by atoms with Crippen LogP contribution >= 0.6 is 11.6 Å². The van der Waals surface area contributed by atoms with Gasteiger partial charge in [0.25, 0.3) is 5.56 Å². The number of aromatic nitrogens is 2. The molecule has 0 aliphatic carbocycles. The van der Waals surface area contributed by atoms with E-state index in [0.29, 0.717) is 27.7 Å². The average molecular weight is 420 g/mol. The number of aryl methyl sites for hydroxylation is 1. The maximum absolute atomic E-state index is 12.7. The summed E-state index contributed by atoms with van der Waals surface area (Å²) in [6.45, 7) is 1.32. The highest BCUT2D eigenvalue weighted by atomic mass is 35.5. The van der Waals surface area contributed by atoms with E-state index >= 15 is 0 Å². The summed E-state index contributed by atoms with van der Waals surface area (Å²) < 4.78 is 25.2. The Bertz CT molecular complexity index is 1180. The van der Waals surface area contributed by atoms with Gasteiger partial charge in [-0.2, -0.15) is 0 Å². The lowest BCUT2D eigenvalue weighted by molar-refractivity contribution is 0.319. The molecule has 146 valence electrons. The second kappa shape index (κ2) is 8.14. The molecule has 3 rings (SSSR count). The minimum atomic E-state index is -3.51. The maximum atomic E-state index is 12.7. The highest BCUT2D eigenvalue weighted by Gasteiger charge is 2.13. The van der Waals surface area contributed by atoms with Gasteiger partial charge in [0, 0.05) is 16.9 Å². The fourth-order valence-electron chi connectivity index (χ4n) is 2.63. The molecular weight excluding hydrogens is 402 g/mol. The highest BCUT2D eigenvalue weighted by Crippen LogP contribution is 2.18. The predicted molar refractivity (Wildman–Crippen MR) is 109 cm³/mol. The second-order valence-corrected chi connectivity index (χ2v) is 8.61. The number of sulfone groups is 1. The van der Waals surface area contributed by atoms with Crippen molar-refractivity contribution in [2.75, 3.05) is 12.4 Å². The lowest BCUT2D eigenvalue weighted by Crippen LogP contribution is -2.17. The Morgan fingerprint density at radius 3 is 2.57 bits per heavy atom. The minimum Gasteiger partial charge on any atom is -0.395 e. The SMILES string of the molecule is Cc1[nH]n(-c2cccc(Cl)c2)c(=O)c1C=Nc1ccc(S(=O)(=O)CCO)cc1. The van der Waals surface area contributed by atoms with Crippen molar-refractivity contribution >= 4 is 33.3 Å². The minimum absolute atomic E-state index is 0.113. The van der Waals surface area contributed by atoms with Crippen molar-refractivity contribution in [3.05, 3.63) is 75.2 Å². The van der Waals surface area contributed by atoms with Gasteiger partial charge in [0.05, 0.1) is 34.2 Å². The zero-order valence-electron chi connectivity index (χ0n) is 15.0. The molecule has 28 heavy (non-hydrogen) atoms. The number of H-pyrrole nitrogens is 1. The van der Waals surface area contributed by atoms with Gasteiger partial charge in [-0.05, 0) is 49.4 Å². The number of aliphatic imine (C=N–C) groups is 1. The zero-order valence-corrected chi connectivity index (χ0v) is 16.5. The molecule has 2 aromatic carbocycles. The summed E-state index contributed by atoms with van der Waals surface area (Å²) in [6, 6.07) is 12.8. The van der Waals surface area contributed by atoms with Crippen molar-refractivity contribution in [3.63, 3.8) is 0 Å². The van der Waals surface area contributed by atoms with Crippen LogP contribution in [0.4, 0.5) is 5.69 Å². The van der Waals surface area contributed by atoms with Crippen LogP contribution in [0.5, 0.6) is 0 Å². The first-order chi connectivity index (χ1) is 13.3. The molecule has 0 aliphatic rings. The van der Waals surface area contributed by atoms with Gasteiger partial charge in [0.2, 0.25) is 0 Å². The van der Waals surface area contributed by atoms with Crippen molar-refractivity contribution in [2.45, 2.75) is 11.8 Å². The van der Waals surface area contributed by atoms with Crippen LogP contribution in [-0.2, 0) is 9.84 Å². The van der Waals surface area contributed by atoms with Crippen LogP contribution in [0.25, 0.3) is 5.69 Å².